The van der Waals surface area contributed by atoms with Gasteiger partial charge in [0, 0.05) is 16.8 Å². The lowest BCUT2D eigenvalue weighted by molar-refractivity contribution is 0.317. The fourth-order valence-corrected chi connectivity index (χ4v) is 2.26. The lowest BCUT2D eigenvalue weighted by Gasteiger charge is -2.13. The Morgan fingerprint density at radius 3 is 2.72 bits per heavy atom. The van der Waals surface area contributed by atoms with E-state index in [1.807, 2.05) is 36.0 Å². The zero-order valence-corrected chi connectivity index (χ0v) is 11.5. The molecule has 1 atom stereocenters. The molecular formula is C14H18N2OS. The first-order chi connectivity index (χ1) is 8.79. The summed E-state index contributed by atoms with van der Waals surface area (Å²) in [5.74, 6) is 0.924. The van der Waals surface area contributed by atoms with Crippen molar-refractivity contribution in [2.24, 2.45) is 0 Å². The molecule has 0 bridgehead atoms. The van der Waals surface area contributed by atoms with Crippen molar-refractivity contribution in [2.45, 2.75) is 26.3 Å². The summed E-state index contributed by atoms with van der Waals surface area (Å²) in [5, 5.41) is 3.44. The van der Waals surface area contributed by atoms with Crippen LogP contribution in [0.2, 0.25) is 0 Å². The third kappa shape index (κ3) is 3.47. The summed E-state index contributed by atoms with van der Waals surface area (Å²) >= 11 is 1.67. The first-order valence-electron chi connectivity index (χ1n) is 6.17. The number of benzene rings is 1. The maximum Gasteiger partial charge on any atom is 0.119 e. The van der Waals surface area contributed by atoms with E-state index >= 15 is 0 Å². The second-order valence-corrected chi connectivity index (χ2v) is 5.06. The molecule has 1 unspecified atom stereocenters. The normalized spacial score (nSPS) is 12.1. The van der Waals surface area contributed by atoms with Crippen LogP contribution in [0.25, 0.3) is 0 Å². The third-order valence-corrected chi connectivity index (χ3v) is 3.55. The van der Waals surface area contributed by atoms with Gasteiger partial charge in [0.2, 0.25) is 0 Å². The molecule has 1 N–H and O–H groups in total. The Hall–Kier alpha value is -1.55. The van der Waals surface area contributed by atoms with Crippen LogP contribution in [-0.4, -0.2) is 11.6 Å². The minimum atomic E-state index is 0.278. The topological polar surface area (TPSA) is 34.1 Å². The van der Waals surface area contributed by atoms with Crippen LogP contribution in [0.5, 0.6) is 5.75 Å². The van der Waals surface area contributed by atoms with Gasteiger partial charge in [0.15, 0.2) is 0 Å². The van der Waals surface area contributed by atoms with Crippen LogP contribution < -0.4 is 10.1 Å². The second kappa shape index (κ2) is 6.40. The van der Waals surface area contributed by atoms with Crippen molar-refractivity contribution in [3.63, 3.8) is 0 Å². The number of thiazole rings is 1. The first kappa shape index (κ1) is 12.9. The van der Waals surface area contributed by atoms with Crippen LogP contribution in [0.1, 0.15) is 31.2 Å². The van der Waals surface area contributed by atoms with Crippen LogP contribution in [0, 0.1) is 0 Å². The Morgan fingerprint density at radius 2 is 2.11 bits per heavy atom. The lowest BCUT2D eigenvalue weighted by atomic mass is 10.2. The molecule has 3 nitrogen and oxygen atoms in total. The fraction of sp³-hybridized carbons (Fsp3) is 0.357. The highest BCUT2D eigenvalue weighted by atomic mass is 32.1. The smallest absolute Gasteiger partial charge is 0.119 e. The van der Waals surface area contributed by atoms with Gasteiger partial charge in [-0.1, -0.05) is 6.92 Å². The number of anilines is 1. The number of nitrogens with one attached hydrogen (secondary N) is 1. The second-order valence-electron chi connectivity index (χ2n) is 4.14. The van der Waals surface area contributed by atoms with Crippen molar-refractivity contribution in [1.29, 1.82) is 0 Å². The predicted octanol–water partition coefficient (Wildman–Crippen LogP) is 4.11. The molecule has 4 heteroatoms. The Balaban J connectivity index is 1.93. The molecular weight excluding hydrogens is 244 g/mol. The van der Waals surface area contributed by atoms with E-state index in [9.17, 15) is 0 Å². The summed E-state index contributed by atoms with van der Waals surface area (Å²) in [4.78, 5) is 5.33. The molecule has 1 heterocycles. The molecule has 0 spiro atoms. The van der Waals surface area contributed by atoms with E-state index in [0.717, 1.165) is 24.5 Å². The van der Waals surface area contributed by atoms with Gasteiger partial charge in [0.1, 0.15) is 5.75 Å². The van der Waals surface area contributed by atoms with Gasteiger partial charge in [-0.15, -0.1) is 11.3 Å². The highest BCUT2D eigenvalue weighted by molar-refractivity contribution is 7.09. The maximum atomic E-state index is 5.55. The summed E-state index contributed by atoms with van der Waals surface area (Å²) < 4.78 is 5.55. The Morgan fingerprint density at radius 1 is 1.33 bits per heavy atom. The molecule has 0 saturated heterocycles. The maximum absolute atomic E-state index is 5.55. The van der Waals surface area contributed by atoms with Crippen LogP contribution >= 0.6 is 11.3 Å². The largest absolute Gasteiger partial charge is 0.494 e. The van der Waals surface area contributed by atoms with Crippen molar-refractivity contribution < 1.29 is 4.74 Å². The van der Waals surface area contributed by atoms with Crippen LogP contribution in [0.15, 0.2) is 36.0 Å². The van der Waals surface area contributed by atoms with E-state index in [1.165, 1.54) is 4.88 Å². The van der Waals surface area contributed by atoms with Gasteiger partial charge >= 0.3 is 0 Å². The van der Waals surface area contributed by atoms with Crippen molar-refractivity contribution in [3.8, 4) is 5.75 Å². The Labute approximate surface area is 112 Å². The van der Waals surface area contributed by atoms with Crippen molar-refractivity contribution in [1.82, 2.24) is 4.98 Å². The van der Waals surface area contributed by atoms with Crippen molar-refractivity contribution in [3.05, 3.63) is 40.8 Å². The Kier molecular flexibility index (Phi) is 4.59. The van der Waals surface area contributed by atoms with Gasteiger partial charge in [0.25, 0.3) is 0 Å². The van der Waals surface area contributed by atoms with Crippen LogP contribution in [-0.2, 0) is 0 Å². The van der Waals surface area contributed by atoms with E-state index in [4.69, 9.17) is 4.74 Å². The molecule has 18 heavy (non-hydrogen) atoms. The van der Waals surface area contributed by atoms with Gasteiger partial charge in [-0.05, 0) is 37.6 Å². The average Bonchev–Trinajstić information content (AvgIpc) is 2.92. The van der Waals surface area contributed by atoms with Gasteiger partial charge in [-0.2, -0.15) is 0 Å². The quantitative estimate of drug-likeness (QED) is 0.851. The highest BCUT2D eigenvalue weighted by Crippen LogP contribution is 2.23. The Bertz CT molecular complexity index is 453. The summed E-state index contributed by atoms with van der Waals surface area (Å²) in [7, 11) is 0. The van der Waals surface area contributed by atoms with Gasteiger partial charge in [0.05, 0.1) is 18.2 Å². The standard InChI is InChI=1S/C14H18N2OS/c1-3-8-17-13-6-4-12(5-7-13)16-11(2)14-9-15-10-18-14/h4-7,9-11,16H,3,8H2,1-2H3. The number of hydrogen-bond donors (Lipinski definition) is 1. The molecule has 0 radical (unpaired) electrons. The molecule has 0 aliphatic heterocycles. The zero-order valence-electron chi connectivity index (χ0n) is 10.7. The molecule has 1 aromatic heterocycles. The molecule has 0 saturated carbocycles. The number of ether oxygens (including phenoxy) is 1. The summed E-state index contributed by atoms with van der Waals surface area (Å²) in [6.07, 6.45) is 2.93. The van der Waals surface area contributed by atoms with Gasteiger partial charge < -0.3 is 10.1 Å². The average molecular weight is 262 g/mol. The number of rotatable bonds is 6. The third-order valence-electron chi connectivity index (χ3n) is 2.59. The SMILES string of the molecule is CCCOc1ccc(NC(C)c2cncs2)cc1. The summed E-state index contributed by atoms with van der Waals surface area (Å²) in [6.45, 7) is 5.01. The number of nitrogens with zero attached hydrogens (tertiary/aromatic N) is 1. The van der Waals surface area contributed by atoms with E-state index in [-0.39, 0.29) is 6.04 Å². The predicted molar refractivity (Wildman–Crippen MR) is 76.4 cm³/mol. The molecule has 2 aromatic rings. The van der Waals surface area contributed by atoms with Crippen molar-refractivity contribution >= 4 is 17.0 Å². The molecule has 96 valence electrons. The zero-order chi connectivity index (χ0) is 12.8. The van der Waals surface area contributed by atoms with E-state index in [2.05, 4.69) is 24.1 Å². The molecule has 1 aromatic carbocycles. The molecule has 0 fully saturated rings. The molecule has 2 rings (SSSR count). The minimum absolute atomic E-state index is 0.278. The fourth-order valence-electron chi connectivity index (χ4n) is 1.63. The van der Waals surface area contributed by atoms with E-state index in [0.29, 0.717) is 0 Å². The van der Waals surface area contributed by atoms with Crippen molar-refractivity contribution in [2.75, 3.05) is 11.9 Å². The minimum Gasteiger partial charge on any atom is -0.494 e. The number of hydrogen-bond acceptors (Lipinski definition) is 4. The van der Waals surface area contributed by atoms with Gasteiger partial charge in [-0.25, -0.2) is 0 Å². The summed E-state index contributed by atoms with van der Waals surface area (Å²) in [6, 6.07) is 8.36. The molecule has 0 aliphatic rings. The highest BCUT2D eigenvalue weighted by Gasteiger charge is 2.06. The van der Waals surface area contributed by atoms with E-state index < -0.39 is 0 Å². The molecule has 0 aliphatic carbocycles. The van der Waals surface area contributed by atoms with Crippen LogP contribution in [0.4, 0.5) is 5.69 Å². The number of aromatic nitrogens is 1. The molecule has 0 amide bonds. The van der Waals surface area contributed by atoms with Crippen LogP contribution in [0.3, 0.4) is 0 Å². The van der Waals surface area contributed by atoms with Gasteiger partial charge in [-0.3, -0.25) is 4.98 Å². The lowest BCUT2D eigenvalue weighted by Crippen LogP contribution is -2.04. The first-order valence-corrected chi connectivity index (χ1v) is 7.05. The summed E-state index contributed by atoms with van der Waals surface area (Å²) in [5.41, 5.74) is 2.95. The van der Waals surface area contributed by atoms with E-state index in [1.54, 1.807) is 11.3 Å². The monoisotopic (exact) mass is 262 g/mol.